The Labute approximate surface area is 172 Å². The molecule has 2 N–H and O–H groups in total. The molecule has 0 aliphatic carbocycles. The quantitative estimate of drug-likeness (QED) is 0.609. The lowest BCUT2D eigenvalue weighted by molar-refractivity contribution is -0.134. The fourth-order valence-electron chi connectivity index (χ4n) is 3.14. The van der Waals surface area contributed by atoms with Crippen LogP contribution in [0.4, 0.5) is 8.78 Å². The van der Waals surface area contributed by atoms with Crippen molar-refractivity contribution in [1.82, 2.24) is 10.3 Å². The van der Waals surface area contributed by atoms with E-state index in [4.69, 9.17) is 4.74 Å². The zero-order valence-corrected chi connectivity index (χ0v) is 16.4. The second-order valence-electron chi connectivity index (χ2n) is 6.81. The number of aliphatic imine (C=N–C) groups is 1. The number of aromatic nitrogens is 1. The minimum atomic E-state index is -2.84. The van der Waals surface area contributed by atoms with E-state index < -0.39 is 18.8 Å². The Bertz CT molecular complexity index is 891. The summed E-state index contributed by atoms with van der Waals surface area (Å²) in [6.45, 7) is -1.15. The minimum Gasteiger partial charge on any atom is -0.475 e. The van der Waals surface area contributed by atoms with E-state index in [2.05, 4.69) is 20.0 Å². The van der Waals surface area contributed by atoms with Crippen LogP contribution in [0.1, 0.15) is 35.3 Å². The van der Waals surface area contributed by atoms with E-state index in [1.54, 1.807) is 19.2 Å². The maximum Gasteiger partial charge on any atom is 0.345 e. The highest BCUT2D eigenvalue weighted by molar-refractivity contribution is 5.97. The Morgan fingerprint density at radius 1 is 1.27 bits per heavy atom. The lowest BCUT2D eigenvalue weighted by atomic mass is 10.0. The van der Waals surface area contributed by atoms with Gasteiger partial charge in [-0.25, -0.2) is 4.99 Å². The summed E-state index contributed by atoms with van der Waals surface area (Å²) >= 11 is 0. The van der Waals surface area contributed by atoms with E-state index >= 15 is 0 Å². The Morgan fingerprint density at radius 2 is 2.03 bits per heavy atom. The number of nitrogens with zero attached hydrogens (tertiary/aromatic N) is 2. The van der Waals surface area contributed by atoms with Crippen molar-refractivity contribution in [2.24, 2.45) is 4.99 Å². The van der Waals surface area contributed by atoms with Crippen LogP contribution in [0.5, 0.6) is 0 Å². The van der Waals surface area contributed by atoms with Crippen molar-refractivity contribution in [2.75, 3.05) is 13.2 Å². The number of benzene rings is 1. The van der Waals surface area contributed by atoms with Crippen molar-refractivity contribution in [3.05, 3.63) is 65.0 Å². The van der Waals surface area contributed by atoms with Crippen LogP contribution in [0, 0.1) is 0 Å². The number of amides is 1. The highest BCUT2D eigenvalue weighted by Gasteiger charge is 2.22. The molecular weight excluding hydrogens is 396 g/mol. The summed E-state index contributed by atoms with van der Waals surface area (Å²) in [6, 6.07) is 10.5. The van der Waals surface area contributed by atoms with Crippen molar-refractivity contribution in [1.29, 1.82) is 0 Å². The summed E-state index contributed by atoms with van der Waals surface area (Å²) in [5.41, 5.74) is 2.88. The predicted molar refractivity (Wildman–Crippen MR) is 105 cm³/mol. The molecule has 0 bridgehead atoms. The van der Waals surface area contributed by atoms with E-state index in [-0.39, 0.29) is 25.5 Å². The van der Waals surface area contributed by atoms with Crippen LogP contribution in [-0.4, -0.2) is 47.8 Å². The molecule has 7 nitrogen and oxygen atoms in total. The first kappa shape index (κ1) is 21.8. The van der Waals surface area contributed by atoms with Crippen LogP contribution in [0.25, 0.3) is 0 Å². The third-order valence-electron chi connectivity index (χ3n) is 4.53. The monoisotopic (exact) mass is 419 g/mol. The minimum absolute atomic E-state index is 0.0434. The van der Waals surface area contributed by atoms with Crippen molar-refractivity contribution >= 4 is 11.8 Å². The summed E-state index contributed by atoms with van der Waals surface area (Å²) in [5.74, 6) is 0.0568. The molecule has 160 valence electrons. The van der Waals surface area contributed by atoms with Crippen LogP contribution < -0.4 is 5.32 Å². The van der Waals surface area contributed by atoms with Gasteiger partial charge >= 0.3 is 6.61 Å². The van der Waals surface area contributed by atoms with Gasteiger partial charge in [-0.3, -0.25) is 9.78 Å². The average molecular weight is 419 g/mol. The molecule has 2 atom stereocenters. The van der Waals surface area contributed by atoms with Gasteiger partial charge in [0.1, 0.15) is 6.61 Å². The van der Waals surface area contributed by atoms with Crippen molar-refractivity contribution < 1.29 is 28.2 Å². The van der Waals surface area contributed by atoms with Crippen LogP contribution in [0.15, 0.2) is 47.6 Å². The molecule has 0 unspecified atom stereocenters. The Morgan fingerprint density at radius 3 is 2.73 bits per heavy atom. The van der Waals surface area contributed by atoms with Gasteiger partial charge in [-0.2, -0.15) is 8.78 Å². The summed E-state index contributed by atoms with van der Waals surface area (Å²) in [6.07, 6.45) is 0.842. The maximum atomic E-state index is 12.5. The van der Waals surface area contributed by atoms with Crippen molar-refractivity contribution in [2.45, 2.75) is 38.6 Å². The van der Waals surface area contributed by atoms with Crippen LogP contribution in [0.2, 0.25) is 0 Å². The van der Waals surface area contributed by atoms with Gasteiger partial charge in [-0.1, -0.05) is 30.3 Å². The van der Waals surface area contributed by atoms with Gasteiger partial charge in [0, 0.05) is 6.20 Å². The smallest absolute Gasteiger partial charge is 0.345 e. The number of hydrogen-bond acceptors (Lipinski definition) is 6. The lowest BCUT2D eigenvalue weighted by Crippen LogP contribution is -2.36. The fraction of sp³-hybridized carbons (Fsp3) is 0.381. The molecular formula is C21H23F2N3O4. The van der Waals surface area contributed by atoms with E-state index in [1.165, 1.54) is 0 Å². The fourth-order valence-corrected chi connectivity index (χ4v) is 3.14. The number of carbonyl (C=O) groups is 1. The molecule has 0 saturated carbocycles. The number of aliphatic hydroxyl groups is 1. The topological polar surface area (TPSA) is 93.0 Å². The van der Waals surface area contributed by atoms with Gasteiger partial charge in [0.05, 0.1) is 43.0 Å². The van der Waals surface area contributed by atoms with Gasteiger partial charge < -0.3 is 19.9 Å². The second kappa shape index (κ2) is 10.2. The van der Waals surface area contributed by atoms with Gasteiger partial charge in [-0.05, 0) is 24.1 Å². The molecule has 1 amide bonds. The number of pyridine rings is 1. The van der Waals surface area contributed by atoms with Gasteiger partial charge in [0.15, 0.2) is 0 Å². The first-order valence-electron chi connectivity index (χ1n) is 9.51. The number of halogens is 2. The molecule has 3 rings (SSSR count). The maximum absolute atomic E-state index is 12.5. The van der Waals surface area contributed by atoms with Crippen molar-refractivity contribution in [3.8, 4) is 0 Å². The third-order valence-corrected chi connectivity index (χ3v) is 4.53. The number of hydrogen-bond donors (Lipinski definition) is 2. The molecule has 0 fully saturated rings. The summed E-state index contributed by atoms with van der Waals surface area (Å²) < 4.78 is 33.5. The van der Waals surface area contributed by atoms with Crippen molar-refractivity contribution in [3.63, 3.8) is 0 Å². The van der Waals surface area contributed by atoms with Crippen LogP contribution >= 0.6 is 0 Å². The Kier molecular flexibility index (Phi) is 7.42. The average Bonchev–Trinajstić information content (AvgIpc) is 3.12. The number of carbonyl (C=O) groups excluding carboxylic acids is 1. The summed E-state index contributed by atoms with van der Waals surface area (Å²) in [4.78, 5) is 21.0. The number of rotatable bonds is 9. The van der Waals surface area contributed by atoms with E-state index in [9.17, 15) is 18.7 Å². The zero-order valence-electron chi connectivity index (χ0n) is 16.4. The number of fused-ring (bicyclic) bond motifs is 1. The predicted octanol–water partition coefficient (Wildman–Crippen LogP) is 2.38. The van der Waals surface area contributed by atoms with Crippen LogP contribution in [0.3, 0.4) is 0 Å². The standard InChI is InChI=1S/C21H23F2N3O4/c1-13(27)19(14-5-3-2-4-6-14)26-18(28)10-16-9-15-11-25-20(17(15)12-24-16)29-7-8-30-21(22)23/h2-6,9,12-13,19,21,27H,7-8,10-11H2,1H3,(H,26,28)/t13-,19-/m1/s1. The number of alkyl halides is 2. The molecule has 2 heterocycles. The molecule has 1 aromatic heterocycles. The first-order valence-corrected chi connectivity index (χ1v) is 9.51. The number of ether oxygens (including phenoxy) is 2. The van der Waals surface area contributed by atoms with Gasteiger partial charge in [0.25, 0.3) is 0 Å². The zero-order chi connectivity index (χ0) is 21.5. The van der Waals surface area contributed by atoms with E-state index in [0.717, 1.165) is 11.1 Å². The Balaban J connectivity index is 1.57. The van der Waals surface area contributed by atoms with Gasteiger partial charge in [0.2, 0.25) is 11.8 Å². The highest BCUT2D eigenvalue weighted by Crippen LogP contribution is 2.21. The van der Waals surface area contributed by atoms with Crippen LogP contribution in [-0.2, 0) is 27.2 Å². The highest BCUT2D eigenvalue weighted by atomic mass is 19.3. The van der Waals surface area contributed by atoms with E-state index in [1.807, 2.05) is 30.3 Å². The Hall–Kier alpha value is -2.91. The normalized spacial score (nSPS) is 14.8. The molecule has 1 aromatic carbocycles. The molecule has 0 saturated heterocycles. The lowest BCUT2D eigenvalue weighted by Gasteiger charge is -2.22. The third kappa shape index (κ3) is 5.80. The van der Waals surface area contributed by atoms with Gasteiger partial charge in [-0.15, -0.1) is 0 Å². The number of aliphatic hydroxyl groups excluding tert-OH is 1. The molecule has 30 heavy (non-hydrogen) atoms. The molecule has 1 aliphatic rings. The first-order chi connectivity index (χ1) is 14.4. The summed E-state index contributed by atoms with van der Waals surface area (Å²) in [5, 5.41) is 12.9. The molecule has 0 radical (unpaired) electrons. The molecule has 2 aromatic rings. The summed E-state index contributed by atoms with van der Waals surface area (Å²) in [7, 11) is 0. The molecule has 9 heteroatoms. The molecule has 1 aliphatic heterocycles. The molecule has 0 spiro atoms. The SMILES string of the molecule is C[C@@H](O)[C@@H](NC(=O)Cc1cc2c(cn1)C(OCCOC(F)F)=NC2)c1ccccc1. The largest absolute Gasteiger partial charge is 0.475 e. The second-order valence-corrected chi connectivity index (χ2v) is 6.81. The number of nitrogens with one attached hydrogen (secondary N) is 1. The van der Waals surface area contributed by atoms with E-state index in [0.29, 0.717) is 23.7 Å².